The van der Waals surface area contributed by atoms with Crippen LogP contribution in [0.1, 0.15) is 33.5 Å². The fraction of sp³-hybridized carbons (Fsp3) is 0.417. The lowest BCUT2D eigenvalue weighted by molar-refractivity contribution is 0.0989. The van der Waals surface area contributed by atoms with E-state index in [1.165, 1.54) is 11.1 Å². The summed E-state index contributed by atoms with van der Waals surface area (Å²) < 4.78 is 0. The summed E-state index contributed by atoms with van der Waals surface area (Å²) in [7, 11) is 0. The lowest BCUT2D eigenvalue weighted by atomic mass is 9.94. The first-order valence-electron chi connectivity index (χ1n) is 4.90. The van der Waals surface area contributed by atoms with Gasteiger partial charge in [0.2, 0.25) is 0 Å². The molecule has 0 saturated carbocycles. The Kier molecular flexibility index (Phi) is 2.64. The van der Waals surface area contributed by atoms with Gasteiger partial charge >= 0.3 is 0 Å². The van der Waals surface area contributed by atoms with Crippen molar-refractivity contribution in [3.05, 3.63) is 34.4 Å². The zero-order valence-electron chi connectivity index (χ0n) is 8.59. The van der Waals surface area contributed by atoms with Crippen molar-refractivity contribution in [2.45, 2.75) is 26.0 Å². The fourth-order valence-corrected chi connectivity index (χ4v) is 2.96. The van der Waals surface area contributed by atoms with Crippen molar-refractivity contribution in [3.63, 3.8) is 0 Å². The maximum Gasteiger partial charge on any atom is 0.164 e. The Morgan fingerprint density at radius 3 is 2.71 bits per heavy atom. The molecule has 74 valence electrons. The summed E-state index contributed by atoms with van der Waals surface area (Å²) in [5.74, 6) is 2.28. The summed E-state index contributed by atoms with van der Waals surface area (Å²) >= 11 is 1.86. The predicted octanol–water partition coefficient (Wildman–Crippen LogP) is 3.12. The summed E-state index contributed by atoms with van der Waals surface area (Å²) in [5, 5.41) is 0. The van der Waals surface area contributed by atoms with E-state index in [1.807, 2.05) is 18.7 Å². The van der Waals surface area contributed by atoms with Crippen LogP contribution in [-0.2, 0) is 5.75 Å². The van der Waals surface area contributed by atoms with Crippen molar-refractivity contribution in [1.82, 2.24) is 0 Å². The van der Waals surface area contributed by atoms with Gasteiger partial charge in [-0.15, -0.1) is 0 Å². The van der Waals surface area contributed by atoms with Crippen molar-refractivity contribution in [3.8, 4) is 0 Å². The van der Waals surface area contributed by atoms with E-state index in [2.05, 4.69) is 19.1 Å². The van der Waals surface area contributed by atoms with Gasteiger partial charge in [-0.25, -0.2) is 0 Å². The molecule has 0 aliphatic carbocycles. The lowest BCUT2D eigenvalue weighted by Crippen LogP contribution is -2.05. The number of hydrogen-bond donors (Lipinski definition) is 0. The molecule has 14 heavy (non-hydrogen) atoms. The van der Waals surface area contributed by atoms with E-state index >= 15 is 0 Å². The van der Waals surface area contributed by atoms with E-state index in [4.69, 9.17) is 0 Å². The topological polar surface area (TPSA) is 17.1 Å². The molecule has 1 nitrogen and oxygen atoms in total. The summed E-state index contributed by atoms with van der Waals surface area (Å²) in [4.78, 5) is 11.9. The molecule has 0 saturated heterocycles. The molecule has 0 fully saturated rings. The number of thioether (sulfide) groups is 1. The summed E-state index contributed by atoms with van der Waals surface area (Å²) in [6.45, 7) is 4.13. The zero-order chi connectivity index (χ0) is 10.1. The van der Waals surface area contributed by atoms with E-state index < -0.39 is 0 Å². The minimum atomic E-state index is 0.325. The van der Waals surface area contributed by atoms with E-state index in [1.54, 1.807) is 0 Å². The van der Waals surface area contributed by atoms with Crippen LogP contribution in [0.25, 0.3) is 0 Å². The quantitative estimate of drug-likeness (QED) is 0.648. The van der Waals surface area contributed by atoms with Gasteiger partial charge in [0.1, 0.15) is 0 Å². The highest BCUT2D eigenvalue weighted by atomic mass is 32.2. The number of fused-ring (bicyclic) bond motifs is 1. The van der Waals surface area contributed by atoms with E-state index in [9.17, 15) is 4.79 Å². The number of rotatable bonds is 0. The molecule has 1 aliphatic rings. The number of carbonyl (C=O) groups excluding carboxylic acids is 1. The molecule has 0 bridgehead atoms. The van der Waals surface area contributed by atoms with Gasteiger partial charge < -0.3 is 0 Å². The highest BCUT2D eigenvalue weighted by Gasteiger charge is 2.18. The maximum absolute atomic E-state index is 11.9. The molecule has 0 N–H and O–H groups in total. The molecule has 1 aliphatic heterocycles. The SMILES string of the molecule is Cc1ccc(C)c2c1CSCCC2=O. The second kappa shape index (κ2) is 3.77. The first-order chi connectivity index (χ1) is 6.70. The highest BCUT2D eigenvalue weighted by Crippen LogP contribution is 2.28. The van der Waals surface area contributed by atoms with E-state index in [0.717, 1.165) is 22.6 Å². The van der Waals surface area contributed by atoms with Crippen LogP contribution in [0.4, 0.5) is 0 Å². The minimum absolute atomic E-state index is 0.325. The second-order valence-corrected chi connectivity index (χ2v) is 4.88. The van der Waals surface area contributed by atoms with Crippen molar-refractivity contribution < 1.29 is 4.79 Å². The first kappa shape index (κ1) is 9.78. The summed E-state index contributed by atoms with van der Waals surface area (Å²) in [6.07, 6.45) is 0.696. The van der Waals surface area contributed by atoms with Gasteiger partial charge in [0.05, 0.1) is 0 Å². The summed E-state index contributed by atoms with van der Waals surface area (Å²) in [6, 6.07) is 4.18. The van der Waals surface area contributed by atoms with Crippen LogP contribution in [0, 0.1) is 13.8 Å². The normalized spacial score (nSPS) is 16.3. The van der Waals surface area contributed by atoms with Gasteiger partial charge in [-0.2, -0.15) is 11.8 Å². The third-order valence-corrected chi connectivity index (χ3v) is 3.74. The lowest BCUT2D eigenvalue weighted by Gasteiger charge is -2.10. The highest BCUT2D eigenvalue weighted by molar-refractivity contribution is 7.98. The van der Waals surface area contributed by atoms with Crippen LogP contribution in [0.3, 0.4) is 0 Å². The van der Waals surface area contributed by atoms with Gasteiger partial charge in [0, 0.05) is 23.5 Å². The Morgan fingerprint density at radius 1 is 1.21 bits per heavy atom. The van der Waals surface area contributed by atoms with Crippen molar-refractivity contribution in [2.24, 2.45) is 0 Å². The number of carbonyl (C=O) groups is 1. The first-order valence-corrected chi connectivity index (χ1v) is 6.05. The molecular formula is C12H14OS. The maximum atomic E-state index is 11.9. The van der Waals surface area contributed by atoms with Crippen LogP contribution in [0.5, 0.6) is 0 Å². The van der Waals surface area contributed by atoms with E-state index in [-0.39, 0.29) is 0 Å². The van der Waals surface area contributed by atoms with Crippen molar-refractivity contribution in [1.29, 1.82) is 0 Å². The number of aryl methyl sites for hydroxylation is 2. The fourth-order valence-electron chi connectivity index (χ4n) is 1.91. The number of benzene rings is 1. The Hall–Kier alpha value is -0.760. The molecule has 1 heterocycles. The van der Waals surface area contributed by atoms with Gasteiger partial charge in [-0.05, 0) is 30.5 Å². The second-order valence-electron chi connectivity index (χ2n) is 3.78. The molecule has 0 aromatic heterocycles. The average Bonchev–Trinajstić information content (AvgIpc) is 2.35. The monoisotopic (exact) mass is 206 g/mol. The van der Waals surface area contributed by atoms with Crippen LogP contribution in [0.2, 0.25) is 0 Å². The molecule has 2 rings (SSSR count). The number of Topliss-reactive ketones (excluding diaryl/α,β-unsaturated/α-hetero) is 1. The van der Waals surface area contributed by atoms with Crippen LogP contribution < -0.4 is 0 Å². The smallest absolute Gasteiger partial charge is 0.164 e. The van der Waals surface area contributed by atoms with Gasteiger partial charge in [-0.1, -0.05) is 12.1 Å². The third kappa shape index (κ3) is 1.59. The molecule has 0 radical (unpaired) electrons. The molecule has 0 spiro atoms. The number of ketones is 1. The Balaban J connectivity index is 2.62. The minimum Gasteiger partial charge on any atom is -0.294 e. The molecule has 0 unspecified atom stereocenters. The molecule has 0 amide bonds. The molecular weight excluding hydrogens is 192 g/mol. The van der Waals surface area contributed by atoms with Crippen molar-refractivity contribution in [2.75, 3.05) is 5.75 Å². The Morgan fingerprint density at radius 2 is 1.93 bits per heavy atom. The zero-order valence-corrected chi connectivity index (χ0v) is 9.41. The molecule has 1 aromatic rings. The standard InChI is InChI=1S/C12H14OS/c1-8-3-4-9(2)12-10(8)7-14-6-5-11(12)13/h3-4H,5-7H2,1-2H3. The van der Waals surface area contributed by atoms with Gasteiger partial charge in [0.15, 0.2) is 5.78 Å². The van der Waals surface area contributed by atoms with Gasteiger partial charge in [0.25, 0.3) is 0 Å². The largest absolute Gasteiger partial charge is 0.294 e. The molecule has 2 heteroatoms. The third-order valence-electron chi connectivity index (χ3n) is 2.75. The molecule has 0 atom stereocenters. The number of hydrogen-bond acceptors (Lipinski definition) is 2. The predicted molar refractivity (Wildman–Crippen MR) is 61.0 cm³/mol. The van der Waals surface area contributed by atoms with Crippen LogP contribution in [-0.4, -0.2) is 11.5 Å². The van der Waals surface area contributed by atoms with E-state index in [0.29, 0.717) is 12.2 Å². The summed E-state index contributed by atoms with van der Waals surface area (Å²) in [5.41, 5.74) is 4.65. The Labute approximate surface area is 88.9 Å². The average molecular weight is 206 g/mol. The van der Waals surface area contributed by atoms with Gasteiger partial charge in [-0.3, -0.25) is 4.79 Å². The van der Waals surface area contributed by atoms with Crippen LogP contribution in [0.15, 0.2) is 12.1 Å². The van der Waals surface area contributed by atoms with Crippen LogP contribution >= 0.6 is 11.8 Å². The Bertz CT molecular complexity index is 382. The van der Waals surface area contributed by atoms with Crippen molar-refractivity contribution >= 4 is 17.5 Å². The molecule has 1 aromatic carbocycles.